The first-order valence-corrected chi connectivity index (χ1v) is 12.9. The third kappa shape index (κ3) is 4.79. The molecule has 2 atom stereocenters. The van der Waals surface area contributed by atoms with Crippen molar-refractivity contribution in [2.45, 2.75) is 39.2 Å². The summed E-state index contributed by atoms with van der Waals surface area (Å²) in [5.41, 5.74) is 3.42. The molecule has 1 N–H and O–H groups in total. The molecular formula is C29H34N4O5. The van der Waals surface area contributed by atoms with E-state index in [-0.39, 0.29) is 11.5 Å². The van der Waals surface area contributed by atoms with Crippen LogP contribution in [0.3, 0.4) is 0 Å². The standard InChI is InChI=1S/C20H17N3O4.C9H17NO/c1-11-13(10-24)9-23-19(11)16(6-7-22-23)27-14-4-5-15-17(8-14)26-12(2)18(15)20(25)21-3;1-8-5-9(11-6-8)3-4-10(2)7-9/h4-10H,1-3H3,(H,21,25);8H,3-7H2,1-2H3. The third-order valence-corrected chi connectivity index (χ3v) is 7.48. The average molecular weight is 519 g/mol. The largest absolute Gasteiger partial charge is 0.460 e. The summed E-state index contributed by atoms with van der Waals surface area (Å²) in [6.07, 6.45) is 6.59. The maximum Gasteiger partial charge on any atom is 0.255 e. The fourth-order valence-electron chi connectivity index (χ4n) is 5.64. The lowest BCUT2D eigenvalue weighted by molar-refractivity contribution is 0.0136. The molecule has 0 aliphatic carbocycles. The van der Waals surface area contributed by atoms with Gasteiger partial charge >= 0.3 is 0 Å². The Bertz CT molecular complexity index is 1490. The Morgan fingerprint density at radius 2 is 2.11 bits per heavy atom. The Morgan fingerprint density at radius 3 is 2.76 bits per heavy atom. The van der Waals surface area contributed by atoms with Gasteiger partial charge in [-0.2, -0.15) is 5.10 Å². The van der Waals surface area contributed by atoms with Crippen molar-refractivity contribution in [1.82, 2.24) is 19.8 Å². The molecule has 200 valence electrons. The second kappa shape index (κ2) is 10.2. The van der Waals surface area contributed by atoms with Crippen LogP contribution >= 0.6 is 0 Å². The highest BCUT2D eigenvalue weighted by atomic mass is 16.5. The minimum atomic E-state index is -0.194. The first-order valence-electron chi connectivity index (χ1n) is 12.9. The molecule has 4 aromatic rings. The van der Waals surface area contributed by atoms with Gasteiger partial charge in [-0.25, -0.2) is 4.52 Å². The van der Waals surface area contributed by atoms with Crippen molar-refractivity contribution in [1.29, 1.82) is 0 Å². The van der Waals surface area contributed by atoms with Crippen molar-refractivity contribution in [2.24, 2.45) is 5.92 Å². The number of ether oxygens (including phenoxy) is 2. The molecule has 5 heterocycles. The number of aryl methyl sites for hydroxylation is 2. The number of aromatic nitrogens is 2. The molecule has 9 heteroatoms. The number of rotatable bonds is 4. The highest BCUT2D eigenvalue weighted by Gasteiger charge is 2.42. The molecule has 2 unspecified atom stereocenters. The lowest BCUT2D eigenvalue weighted by Gasteiger charge is -2.21. The number of carbonyl (C=O) groups is 2. The summed E-state index contributed by atoms with van der Waals surface area (Å²) in [5.74, 6) is 2.26. The van der Waals surface area contributed by atoms with Gasteiger partial charge in [0.15, 0.2) is 12.0 Å². The molecule has 9 nitrogen and oxygen atoms in total. The second-order valence-electron chi connectivity index (χ2n) is 10.5. The highest BCUT2D eigenvalue weighted by molar-refractivity contribution is 6.07. The molecule has 2 fully saturated rings. The van der Waals surface area contributed by atoms with Gasteiger partial charge in [-0.15, -0.1) is 0 Å². The molecule has 0 saturated carbocycles. The molecule has 38 heavy (non-hydrogen) atoms. The molecular weight excluding hydrogens is 484 g/mol. The Morgan fingerprint density at radius 1 is 1.29 bits per heavy atom. The van der Waals surface area contributed by atoms with Crippen molar-refractivity contribution in [3.05, 3.63) is 59.1 Å². The lowest BCUT2D eigenvalue weighted by Crippen LogP contribution is -2.31. The summed E-state index contributed by atoms with van der Waals surface area (Å²) in [4.78, 5) is 25.6. The van der Waals surface area contributed by atoms with E-state index < -0.39 is 0 Å². The second-order valence-corrected chi connectivity index (χ2v) is 10.5. The average Bonchev–Trinajstić information content (AvgIpc) is 3.63. The first kappa shape index (κ1) is 25.9. The van der Waals surface area contributed by atoms with Crippen LogP contribution in [0.5, 0.6) is 11.5 Å². The molecule has 0 radical (unpaired) electrons. The number of furan rings is 1. The van der Waals surface area contributed by atoms with E-state index in [1.165, 1.54) is 19.4 Å². The molecule has 1 amide bonds. The summed E-state index contributed by atoms with van der Waals surface area (Å²) < 4.78 is 19.2. The summed E-state index contributed by atoms with van der Waals surface area (Å²) in [5, 5.41) is 7.57. The smallest absolute Gasteiger partial charge is 0.255 e. The molecule has 1 aromatic carbocycles. The zero-order valence-corrected chi connectivity index (χ0v) is 22.5. The number of hydrogen-bond acceptors (Lipinski definition) is 7. The van der Waals surface area contributed by atoms with Gasteiger partial charge in [0.05, 0.1) is 24.0 Å². The first-order chi connectivity index (χ1) is 18.2. The summed E-state index contributed by atoms with van der Waals surface area (Å²) in [6, 6.07) is 7.06. The monoisotopic (exact) mass is 518 g/mol. The molecule has 2 saturated heterocycles. The number of nitrogens with zero attached hydrogens (tertiary/aromatic N) is 3. The van der Waals surface area contributed by atoms with Crippen LogP contribution in [0.4, 0.5) is 0 Å². The van der Waals surface area contributed by atoms with Crippen molar-refractivity contribution >= 4 is 28.7 Å². The van der Waals surface area contributed by atoms with Crippen LogP contribution in [0.15, 0.2) is 41.1 Å². The molecule has 1 spiro atoms. The van der Waals surface area contributed by atoms with E-state index in [1.807, 2.05) is 6.92 Å². The molecule has 2 aliphatic rings. The number of likely N-dealkylation sites (tertiary alicyclic amines) is 1. The van der Waals surface area contributed by atoms with Gasteiger partial charge in [-0.1, -0.05) is 6.92 Å². The molecule has 3 aromatic heterocycles. The topological polar surface area (TPSA) is 98.3 Å². The van der Waals surface area contributed by atoms with E-state index in [0.717, 1.165) is 41.8 Å². The van der Waals surface area contributed by atoms with Crippen LogP contribution < -0.4 is 10.1 Å². The number of aldehydes is 1. The predicted octanol–water partition coefficient (Wildman–Crippen LogP) is 4.78. The zero-order valence-electron chi connectivity index (χ0n) is 22.5. The van der Waals surface area contributed by atoms with Crippen molar-refractivity contribution in [3.8, 4) is 11.5 Å². The Balaban J connectivity index is 0.000000222. The number of fused-ring (bicyclic) bond motifs is 2. The summed E-state index contributed by atoms with van der Waals surface area (Å²) in [6.45, 7) is 9.23. The van der Waals surface area contributed by atoms with Gasteiger partial charge in [0.2, 0.25) is 0 Å². The number of benzene rings is 1. The predicted molar refractivity (Wildman–Crippen MR) is 144 cm³/mol. The number of nitrogens with one attached hydrogen (secondary N) is 1. The van der Waals surface area contributed by atoms with Crippen molar-refractivity contribution < 1.29 is 23.5 Å². The van der Waals surface area contributed by atoms with Gasteiger partial charge in [0, 0.05) is 49.4 Å². The van der Waals surface area contributed by atoms with Gasteiger partial charge in [-0.05, 0) is 57.4 Å². The van der Waals surface area contributed by atoms with Crippen LogP contribution in [-0.2, 0) is 4.74 Å². The van der Waals surface area contributed by atoms with Crippen LogP contribution in [0.2, 0.25) is 0 Å². The van der Waals surface area contributed by atoms with E-state index in [0.29, 0.717) is 34.0 Å². The molecule has 2 aliphatic heterocycles. The number of hydrogen-bond donors (Lipinski definition) is 1. The molecule has 6 rings (SSSR count). The maximum absolute atomic E-state index is 12.1. The minimum absolute atomic E-state index is 0.194. The van der Waals surface area contributed by atoms with Crippen LogP contribution in [-0.4, -0.2) is 66.1 Å². The minimum Gasteiger partial charge on any atom is -0.460 e. The van der Waals surface area contributed by atoms with Crippen LogP contribution in [0, 0.1) is 19.8 Å². The zero-order chi connectivity index (χ0) is 27.0. The van der Waals surface area contributed by atoms with E-state index in [1.54, 1.807) is 55.1 Å². The fraction of sp³-hybridized carbons (Fsp3) is 0.414. The van der Waals surface area contributed by atoms with E-state index in [2.05, 4.69) is 29.3 Å². The normalized spacial score (nSPS) is 21.1. The van der Waals surface area contributed by atoms with Gasteiger partial charge in [0.25, 0.3) is 5.91 Å². The summed E-state index contributed by atoms with van der Waals surface area (Å²) in [7, 11) is 3.77. The Hall–Kier alpha value is -3.69. The van der Waals surface area contributed by atoms with Gasteiger partial charge in [0.1, 0.15) is 22.6 Å². The number of amides is 1. The van der Waals surface area contributed by atoms with Gasteiger partial charge in [-0.3, -0.25) is 9.59 Å². The SMILES string of the molecule is CC1COC2(CCN(C)C2)C1.CNC(=O)c1c(C)oc2cc(Oc3ccnn4cc(C=O)c(C)c34)ccc12. The Labute approximate surface area is 221 Å². The van der Waals surface area contributed by atoms with Crippen molar-refractivity contribution in [2.75, 3.05) is 33.8 Å². The van der Waals surface area contributed by atoms with Crippen LogP contribution in [0.1, 0.15) is 51.8 Å². The highest BCUT2D eigenvalue weighted by Crippen LogP contribution is 2.37. The number of likely N-dealkylation sites (N-methyl/N-ethyl adjacent to an activating group) is 1. The quantitative estimate of drug-likeness (QED) is 0.388. The van der Waals surface area contributed by atoms with E-state index >= 15 is 0 Å². The van der Waals surface area contributed by atoms with Gasteiger partial charge < -0.3 is 24.1 Å². The Kier molecular flexibility index (Phi) is 6.98. The van der Waals surface area contributed by atoms with E-state index in [9.17, 15) is 9.59 Å². The summed E-state index contributed by atoms with van der Waals surface area (Å²) >= 11 is 0. The molecule has 0 bridgehead atoms. The van der Waals surface area contributed by atoms with Crippen molar-refractivity contribution in [3.63, 3.8) is 0 Å². The maximum atomic E-state index is 12.1. The van der Waals surface area contributed by atoms with E-state index in [4.69, 9.17) is 13.9 Å². The number of carbonyl (C=O) groups excluding carboxylic acids is 2. The van der Waals surface area contributed by atoms with Crippen LogP contribution in [0.25, 0.3) is 16.5 Å². The fourth-order valence-corrected chi connectivity index (χ4v) is 5.64. The third-order valence-electron chi connectivity index (χ3n) is 7.48. The lowest BCUT2D eigenvalue weighted by atomic mass is 9.95.